The third-order valence-electron chi connectivity index (χ3n) is 5.50. The molecule has 2 amide bonds. The molecule has 5 rings (SSSR count). The highest BCUT2D eigenvalue weighted by molar-refractivity contribution is 7.13. The maximum atomic E-state index is 12.7. The molecule has 0 saturated carbocycles. The van der Waals surface area contributed by atoms with E-state index in [2.05, 4.69) is 25.2 Å². The number of hydrogen-bond donors (Lipinski definition) is 1. The van der Waals surface area contributed by atoms with Gasteiger partial charge < -0.3 is 19.5 Å². The van der Waals surface area contributed by atoms with E-state index >= 15 is 0 Å². The number of nitrogens with zero attached hydrogens (tertiary/aromatic N) is 5. The number of carbonyl (C=O) groups is 2. The standard InChI is InChI=1S/C24H22N6O3S/c31-21(29-10-12-30(13-11-29)24-25-8-2-9-26-24)15-17-4-6-18(7-5-17)27-22(32)19-16-34-23(28-19)20-3-1-14-33-20/h1-9,14,16H,10-13,15H2,(H,27,32). The van der Waals surface area contributed by atoms with Crippen LogP contribution in [0.25, 0.3) is 10.8 Å². The van der Waals surface area contributed by atoms with E-state index in [1.165, 1.54) is 11.3 Å². The fraction of sp³-hybridized carbons (Fsp3) is 0.208. The summed E-state index contributed by atoms with van der Waals surface area (Å²) in [7, 11) is 0. The first-order valence-electron chi connectivity index (χ1n) is 10.9. The van der Waals surface area contributed by atoms with Crippen molar-refractivity contribution in [3.05, 3.63) is 77.8 Å². The Hall–Kier alpha value is -4.05. The molecule has 1 N–H and O–H groups in total. The zero-order valence-corrected chi connectivity index (χ0v) is 19.1. The minimum Gasteiger partial charge on any atom is -0.462 e. The van der Waals surface area contributed by atoms with E-state index in [1.54, 1.807) is 54.4 Å². The highest BCUT2D eigenvalue weighted by atomic mass is 32.1. The van der Waals surface area contributed by atoms with Crippen LogP contribution in [0, 0.1) is 0 Å². The van der Waals surface area contributed by atoms with Crippen molar-refractivity contribution in [3.63, 3.8) is 0 Å². The van der Waals surface area contributed by atoms with Crippen LogP contribution < -0.4 is 10.2 Å². The lowest BCUT2D eigenvalue weighted by Crippen LogP contribution is -2.49. The Labute approximate surface area is 200 Å². The second-order valence-corrected chi connectivity index (χ2v) is 8.62. The van der Waals surface area contributed by atoms with Gasteiger partial charge in [0.25, 0.3) is 5.91 Å². The average Bonchev–Trinajstić information content (AvgIpc) is 3.58. The normalized spacial score (nSPS) is 13.6. The number of benzene rings is 1. The fourth-order valence-corrected chi connectivity index (χ4v) is 4.46. The molecule has 1 aliphatic rings. The molecule has 1 aromatic carbocycles. The molecule has 0 unspecified atom stereocenters. The number of thiazole rings is 1. The van der Waals surface area contributed by atoms with Gasteiger partial charge in [-0.3, -0.25) is 9.59 Å². The predicted octanol–water partition coefficient (Wildman–Crippen LogP) is 3.34. The molecule has 34 heavy (non-hydrogen) atoms. The Morgan fingerprint density at radius 3 is 2.47 bits per heavy atom. The Morgan fingerprint density at radius 2 is 1.76 bits per heavy atom. The van der Waals surface area contributed by atoms with Crippen LogP contribution in [0.2, 0.25) is 0 Å². The SMILES string of the molecule is O=C(Nc1ccc(CC(=O)N2CCN(c3ncccn3)CC2)cc1)c1csc(-c2ccco2)n1. The lowest BCUT2D eigenvalue weighted by molar-refractivity contribution is -0.130. The van der Waals surface area contributed by atoms with E-state index in [4.69, 9.17) is 4.42 Å². The number of anilines is 2. The first-order chi connectivity index (χ1) is 16.7. The van der Waals surface area contributed by atoms with Crippen molar-refractivity contribution in [2.45, 2.75) is 6.42 Å². The Kier molecular flexibility index (Phi) is 6.30. The Bertz CT molecular complexity index is 1250. The van der Waals surface area contributed by atoms with Crippen molar-refractivity contribution < 1.29 is 14.0 Å². The number of nitrogens with one attached hydrogen (secondary N) is 1. The number of hydrogen-bond acceptors (Lipinski definition) is 8. The maximum absolute atomic E-state index is 12.7. The monoisotopic (exact) mass is 474 g/mol. The van der Waals surface area contributed by atoms with Gasteiger partial charge in [-0.15, -0.1) is 11.3 Å². The molecule has 1 saturated heterocycles. The van der Waals surface area contributed by atoms with Gasteiger partial charge in [-0.25, -0.2) is 15.0 Å². The summed E-state index contributed by atoms with van der Waals surface area (Å²) in [5.74, 6) is 1.12. The first kappa shape index (κ1) is 21.8. The highest BCUT2D eigenvalue weighted by Gasteiger charge is 2.22. The van der Waals surface area contributed by atoms with Gasteiger partial charge in [0.1, 0.15) is 5.69 Å². The molecule has 1 fully saturated rings. The molecule has 0 bridgehead atoms. The minimum atomic E-state index is -0.293. The van der Waals surface area contributed by atoms with Crippen molar-refractivity contribution in [2.24, 2.45) is 0 Å². The predicted molar refractivity (Wildman–Crippen MR) is 129 cm³/mol. The summed E-state index contributed by atoms with van der Waals surface area (Å²) in [6, 6.07) is 12.7. The van der Waals surface area contributed by atoms with E-state index in [0.29, 0.717) is 60.7 Å². The van der Waals surface area contributed by atoms with Gasteiger partial charge in [0.05, 0.1) is 12.7 Å². The zero-order valence-electron chi connectivity index (χ0n) is 18.3. The molecular weight excluding hydrogens is 452 g/mol. The third-order valence-corrected chi connectivity index (χ3v) is 6.36. The van der Waals surface area contributed by atoms with Gasteiger partial charge in [0.15, 0.2) is 10.8 Å². The maximum Gasteiger partial charge on any atom is 0.275 e. The molecule has 172 valence electrons. The van der Waals surface area contributed by atoms with E-state index < -0.39 is 0 Å². The second-order valence-electron chi connectivity index (χ2n) is 7.76. The zero-order chi connectivity index (χ0) is 23.3. The third kappa shape index (κ3) is 4.96. The lowest BCUT2D eigenvalue weighted by Gasteiger charge is -2.34. The van der Waals surface area contributed by atoms with Crippen LogP contribution >= 0.6 is 11.3 Å². The van der Waals surface area contributed by atoms with Crippen LogP contribution in [0.4, 0.5) is 11.6 Å². The average molecular weight is 475 g/mol. The first-order valence-corrected chi connectivity index (χ1v) is 11.7. The van der Waals surface area contributed by atoms with Crippen LogP contribution in [0.15, 0.2) is 70.9 Å². The summed E-state index contributed by atoms with van der Waals surface area (Å²) in [5, 5.41) is 5.20. The van der Waals surface area contributed by atoms with Crippen molar-refractivity contribution in [3.8, 4) is 10.8 Å². The van der Waals surface area contributed by atoms with E-state index in [9.17, 15) is 9.59 Å². The smallest absolute Gasteiger partial charge is 0.275 e. The number of rotatable bonds is 6. The second kappa shape index (κ2) is 9.84. The van der Waals surface area contributed by atoms with Gasteiger partial charge in [0.2, 0.25) is 11.9 Å². The molecule has 0 aliphatic carbocycles. The summed E-state index contributed by atoms with van der Waals surface area (Å²) in [5.41, 5.74) is 1.87. The van der Waals surface area contributed by atoms with Crippen LogP contribution in [-0.2, 0) is 11.2 Å². The largest absolute Gasteiger partial charge is 0.462 e. The molecule has 10 heteroatoms. The van der Waals surface area contributed by atoms with Crippen molar-refractivity contribution in [2.75, 3.05) is 36.4 Å². The molecular formula is C24H22N6O3S. The van der Waals surface area contributed by atoms with Crippen LogP contribution in [0.5, 0.6) is 0 Å². The number of amides is 2. The highest BCUT2D eigenvalue weighted by Crippen LogP contribution is 2.24. The van der Waals surface area contributed by atoms with Crippen molar-refractivity contribution in [1.29, 1.82) is 0 Å². The number of furan rings is 1. The van der Waals surface area contributed by atoms with Gasteiger partial charge in [-0.1, -0.05) is 12.1 Å². The van der Waals surface area contributed by atoms with E-state index in [1.807, 2.05) is 17.0 Å². The molecule has 3 aromatic heterocycles. The van der Waals surface area contributed by atoms with E-state index in [0.717, 1.165) is 5.56 Å². The Balaban J connectivity index is 1.13. The fourth-order valence-electron chi connectivity index (χ4n) is 3.69. The molecule has 4 heterocycles. The van der Waals surface area contributed by atoms with Gasteiger partial charge in [-0.05, 0) is 35.9 Å². The van der Waals surface area contributed by atoms with Crippen molar-refractivity contribution >= 4 is 34.8 Å². The van der Waals surface area contributed by atoms with Crippen molar-refractivity contribution in [1.82, 2.24) is 19.9 Å². The number of aromatic nitrogens is 3. The summed E-state index contributed by atoms with van der Waals surface area (Å²) in [4.78, 5) is 42.1. The topological polar surface area (TPSA) is 104 Å². The number of carbonyl (C=O) groups excluding carboxylic acids is 2. The molecule has 0 atom stereocenters. The summed E-state index contributed by atoms with van der Waals surface area (Å²) in [6.45, 7) is 2.69. The van der Waals surface area contributed by atoms with Crippen LogP contribution in [0.1, 0.15) is 16.1 Å². The molecule has 9 nitrogen and oxygen atoms in total. The molecule has 1 aliphatic heterocycles. The Morgan fingerprint density at radius 1 is 1.00 bits per heavy atom. The number of piperazine rings is 1. The molecule has 0 radical (unpaired) electrons. The van der Waals surface area contributed by atoms with Gasteiger partial charge in [-0.2, -0.15) is 0 Å². The molecule has 4 aromatic rings. The summed E-state index contributed by atoms with van der Waals surface area (Å²) in [6.07, 6.45) is 5.33. The van der Waals surface area contributed by atoms with Gasteiger partial charge >= 0.3 is 0 Å². The van der Waals surface area contributed by atoms with Crippen LogP contribution in [0.3, 0.4) is 0 Å². The quantitative estimate of drug-likeness (QED) is 0.457. The lowest BCUT2D eigenvalue weighted by atomic mass is 10.1. The van der Waals surface area contributed by atoms with E-state index in [-0.39, 0.29) is 11.8 Å². The summed E-state index contributed by atoms with van der Waals surface area (Å²) >= 11 is 1.35. The summed E-state index contributed by atoms with van der Waals surface area (Å²) < 4.78 is 5.32. The van der Waals surface area contributed by atoms with Gasteiger partial charge in [0, 0.05) is 49.6 Å². The molecule has 0 spiro atoms. The minimum absolute atomic E-state index is 0.0818. The van der Waals surface area contributed by atoms with Crippen LogP contribution in [-0.4, -0.2) is 57.8 Å².